The number of carbonyl (C=O) groups excluding carboxylic acids is 1. The van der Waals surface area contributed by atoms with Crippen LogP contribution in [0.3, 0.4) is 0 Å². The fourth-order valence-corrected chi connectivity index (χ4v) is 1.73. The third kappa shape index (κ3) is 2.38. The van der Waals surface area contributed by atoms with Crippen molar-refractivity contribution in [1.29, 1.82) is 5.26 Å². The molecule has 0 aliphatic carbocycles. The van der Waals surface area contributed by atoms with Crippen molar-refractivity contribution in [2.24, 2.45) is 0 Å². The van der Waals surface area contributed by atoms with Gasteiger partial charge < -0.3 is 5.32 Å². The molecule has 0 aliphatic heterocycles. The zero-order valence-corrected chi connectivity index (χ0v) is 9.97. The predicted molar refractivity (Wildman–Crippen MR) is 70.0 cm³/mol. The molecule has 3 nitrogen and oxygen atoms in total. The van der Waals surface area contributed by atoms with Gasteiger partial charge in [-0.25, -0.2) is 0 Å². The van der Waals surface area contributed by atoms with Crippen molar-refractivity contribution in [3.05, 3.63) is 59.7 Å². The third-order valence-electron chi connectivity index (χ3n) is 2.70. The molecule has 0 saturated heterocycles. The van der Waals surface area contributed by atoms with E-state index in [-0.39, 0.29) is 5.91 Å². The topological polar surface area (TPSA) is 52.9 Å². The molecule has 88 valence electrons. The van der Waals surface area contributed by atoms with Crippen molar-refractivity contribution < 1.29 is 4.79 Å². The van der Waals surface area contributed by atoms with E-state index in [9.17, 15) is 4.79 Å². The molecule has 0 heterocycles. The molecule has 0 unspecified atom stereocenters. The first-order valence-electron chi connectivity index (χ1n) is 5.57. The van der Waals surface area contributed by atoms with Gasteiger partial charge >= 0.3 is 0 Å². The summed E-state index contributed by atoms with van der Waals surface area (Å²) in [7, 11) is 1.60. The Morgan fingerprint density at radius 1 is 1.11 bits per heavy atom. The van der Waals surface area contributed by atoms with Gasteiger partial charge in [-0.2, -0.15) is 5.26 Å². The van der Waals surface area contributed by atoms with E-state index in [4.69, 9.17) is 5.26 Å². The van der Waals surface area contributed by atoms with Crippen LogP contribution in [0.4, 0.5) is 0 Å². The Bertz CT molecular complexity index is 609. The lowest BCUT2D eigenvalue weighted by Gasteiger charge is -2.04. The maximum Gasteiger partial charge on any atom is 0.251 e. The molecule has 0 atom stereocenters. The molecule has 2 aromatic rings. The Morgan fingerprint density at radius 2 is 1.83 bits per heavy atom. The number of nitriles is 1. The number of carbonyl (C=O) groups is 1. The highest BCUT2D eigenvalue weighted by Gasteiger charge is 2.03. The Balaban J connectivity index is 2.34. The molecule has 0 saturated carbocycles. The highest BCUT2D eigenvalue weighted by Crippen LogP contribution is 2.20. The molecule has 2 rings (SSSR count). The van der Waals surface area contributed by atoms with Gasteiger partial charge in [-0.1, -0.05) is 24.3 Å². The van der Waals surface area contributed by atoms with Crippen molar-refractivity contribution in [2.45, 2.75) is 0 Å². The molecule has 0 aromatic heterocycles. The summed E-state index contributed by atoms with van der Waals surface area (Å²) >= 11 is 0. The van der Waals surface area contributed by atoms with Gasteiger partial charge in [-0.3, -0.25) is 4.79 Å². The quantitative estimate of drug-likeness (QED) is 0.871. The van der Waals surface area contributed by atoms with Gasteiger partial charge in [0.25, 0.3) is 5.91 Å². The van der Waals surface area contributed by atoms with Crippen molar-refractivity contribution in [2.75, 3.05) is 7.05 Å². The Morgan fingerprint density at radius 3 is 2.44 bits per heavy atom. The van der Waals surface area contributed by atoms with Crippen LogP contribution in [0.5, 0.6) is 0 Å². The van der Waals surface area contributed by atoms with Gasteiger partial charge in [0, 0.05) is 12.6 Å². The maximum absolute atomic E-state index is 11.4. The van der Waals surface area contributed by atoms with Gasteiger partial charge in [0.2, 0.25) is 0 Å². The van der Waals surface area contributed by atoms with Gasteiger partial charge in [0.1, 0.15) is 0 Å². The van der Waals surface area contributed by atoms with Crippen LogP contribution in [0.2, 0.25) is 0 Å². The van der Waals surface area contributed by atoms with E-state index < -0.39 is 0 Å². The molecule has 2 aromatic carbocycles. The molecule has 0 aliphatic rings. The number of nitrogens with one attached hydrogen (secondary N) is 1. The van der Waals surface area contributed by atoms with Crippen LogP contribution in [0.1, 0.15) is 15.9 Å². The molecule has 1 N–H and O–H groups in total. The second-order valence-corrected chi connectivity index (χ2v) is 3.85. The van der Waals surface area contributed by atoms with Crippen molar-refractivity contribution >= 4 is 5.91 Å². The van der Waals surface area contributed by atoms with E-state index in [1.54, 1.807) is 25.2 Å². The lowest BCUT2D eigenvalue weighted by atomic mass is 10.0. The summed E-state index contributed by atoms with van der Waals surface area (Å²) in [5, 5.41) is 11.4. The molecule has 0 spiro atoms. The first-order chi connectivity index (χ1) is 8.74. The van der Waals surface area contributed by atoms with E-state index >= 15 is 0 Å². The summed E-state index contributed by atoms with van der Waals surface area (Å²) in [5.41, 5.74) is 3.21. The Labute approximate surface area is 106 Å². The standard InChI is InChI=1S/C15H12N2O/c1-17-15(18)13-7-5-12(6-8-13)14-4-2-3-11(9-14)10-16/h2-9H,1H3,(H,17,18). The maximum atomic E-state index is 11.4. The highest BCUT2D eigenvalue weighted by atomic mass is 16.1. The summed E-state index contributed by atoms with van der Waals surface area (Å²) in [6.07, 6.45) is 0. The van der Waals surface area contributed by atoms with Crippen LogP contribution in [-0.4, -0.2) is 13.0 Å². The molecule has 0 bridgehead atoms. The van der Waals surface area contributed by atoms with Gasteiger partial charge in [-0.05, 0) is 35.4 Å². The minimum absolute atomic E-state index is 0.104. The average molecular weight is 236 g/mol. The molecular weight excluding hydrogens is 224 g/mol. The first-order valence-corrected chi connectivity index (χ1v) is 5.57. The van der Waals surface area contributed by atoms with Crippen molar-refractivity contribution in [3.8, 4) is 17.2 Å². The highest BCUT2D eigenvalue weighted by molar-refractivity contribution is 5.94. The average Bonchev–Trinajstić information content (AvgIpc) is 2.46. The Hall–Kier alpha value is -2.60. The minimum atomic E-state index is -0.104. The summed E-state index contributed by atoms with van der Waals surface area (Å²) in [5.74, 6) is -0.104. The zero-order chi connectivity index (χ0) is 13.0. The summed E-state index contributed by atoms with van der Waals surface area (Å²) in [4.78, 5) is 11.4. The monoisotopic (exact) mass is 236 g/mol. The van der Waals surface area contributed by atoms with Crippen LogP contribution in [-0.2, 0) is 0 Å². The first kappa shape index (κ1) is 11.9. The van der Waals surface area contributed by atoms with Gasteiger partial charge in [0.05, 0.1) is 11.6 Å². The third-order valence-corrected chi connectivity index (χ3v) is 2.70. The second-order valence-electron chi connectivity index (χ2n) is 3.85. The van der Waals surface area contributed by atoms with Crippen LogP contribution < -0.4 is 5.32 Å². The van der Waals surface area contributed by atoms with Gasteiger partial charge in [-0.15, -0.1) is 0 Å². The van der Waals surface area contributed by atoms with Gasteiger partial charge in [0.15, 0.2) is 0 Å². The largest absolute Gasteiger partial charge is 0.355 e. The van der Waals surface area contributed by atoms with E-state index in [2.05, 4.69) is 11.4 Å². The smallest absolute Gasteiger partial charge is 0.251 e. The fraction of sp³-hybridized carbons (Fsp3) is 0.0667. The lowest BCUT2D eigenvalue weighted by molar-refractivity contribution is 0.0963. The molecule has 3 heteroatoms. The van der Waals surface area contributed by atoms with Crippen LogP contribution in [0.15, 0.2) is 48.5 Å². The summed E-state index contributed by atoms with van der Waals surface area (Å²) < 4.78 is 0. The van der Waals surface area contributed by atoms with Crippen LogP contribution in [0, 0.1) is 11.3 Å². The number of hydrogen-bond donors (Lipinski definition) is 1. The minimum Gasteiger partial charge on any atom is -0.355 e. The number of amides is 1. The van der Waals surface area contributed by atoms with Crippen molar-refractivity contribution in [1.82, 2.24) is 5.32 Å². The van der Waals surface area contributed by atoms with E-state index in [1.807, 2.05) is 30.3 Å². The zero-order valence-electron chi connectivity index (χ0n) is 9.97. The normalized spacial score (nSPS) is 9.56. The molecule has 1 amide bonds. The molecule has 0 radical (unpaired) electrons. The number of hydrogen-bond acceptors (Lipinski definition) is 2. The van der Waals surface area contributed by atoms with Crippen LogP contribution in [0.25, 0.3) is 11.1 Å². The summed E-state index contributed by atoms with van der Waals surface area (Å²) in [6, 6.07) is 16.8. The second kappa shape index (κ2) is 5.15. The number of benzene rings is 2. The predicted octanol–water partition coefficient (Wildman–Crippen LogP) is 2.58. The molecule has 0 fully saturated rings. The SMILES string of the molecule is CNC(=O)c1ccc(-c2cccc(C#N)c2)cc1. The summed E-state index contributed by atoms with van der Waals surface area (Å²) in [6.45, 7) is 0. The lowest BCUT2D eigenvalue weighted by Crippen LogP contribution is -2.17. The Kier molecular flexibility index (Phi) is 3.40. The van der Waals surface area contributed by atoms with E-state index in [1.165, 1.54) is 0 Å². The van der Waals surface area contributed by atoms with E-state index in [0.717, 1.165) is 11.1 Å². The van der Waals surface area contributed by atoms with E-state index in [0.29, 0.717) is 11.1 Å². The fourth-order valence-electron chi connectivity index (χ4n) is 1.73. The van der Waals surface area contributed by atoms with Crippen molar-refractivity contribution in [3.63, 3.8) is 0 Å². The van der Waals surface area contributed by atoms with Crippen LogP contribution >= 0.6 is 0 Å². The molecular formula is C15H12N2O. The number of rotatable bonds is 2. The number of nitrogens with zero attached hydrogens (tertiary/aromatic N) is 1. The molecule has 18 heavy (non-hydrogen) atoms.